The van der Waals surface area contributed by atoms with Gasteiger partial charge >= 0.3 is 5.63 Å². The fraction of sp³-hybridized carbons (Fsp3) is 0.167. The van der Waals surface area contributed by atoms with Gasteiger partial charge in [-0.25, -0.2) is 4.79 Å². The van der Waals surface area contributed by atoms with Crippen LogP contribution in [0.3, 0.4) is 0 Å². The number of hydrogen-bond acceptors (Lipinski definition) is 7. The number of phenolic OH excluding ortho intramolecular Hbond substituents is 2. The van der Waals surface area contributed by atoms with Gasteiger partial charge in [-0.2, -0.15) is 0 Å². The number of benzene rings is 2. The molecule has 2 aromatic carbocycles. The third kappa shape index (κ3) is 2.41. The summed E-state index contributed by atoms with van der Waals surface area (Å²) in [6, 6.07) is 9.82. The summed E-state index contributed by atoms with van der Waals surface area (Å²) < 4.78 is 11.0. The number of aliphatic hydroxyl groups excluding tert-OH is 2. The molecule has 0 fully saturated rings. The smallest absolute Gasteiger partial charge is 0.336 e. The van der Waals surface area contributed by atoms with Gasteiger partial charge in [-0.05, 0) is 35.9 Å². The monoisotopic (exact) mass is 342 g/mol. The van der Waals surface area contributed by atoms with E-state index in [1.165, 1.54) is 42.5 Å². The van der Waals surface area contributed by atoms with Crippen LogP contribution in [0.5, 0.6) is 17.2 Å². The number of aromatic hydroxyl groups is 2. The number of rotatable bonds is 1. The normalized spacial score (nSPS) is 22.4. The molecular weight excluding hydrogens is 328 g/mol. The molecule has 3 atom stereocenters. The van der Waals surface area contributed by atoms with Gasteiger partial charge in [0.15, 0.2) is 17.6 Å². The lowest BCUT2D eigenvalue weighted by Crippen LogP contribution is -2.34. The summed E-state index contributed by atoms with van der Waals surface area (Å²) in [5.41, 5.74) is 0.529. The Morgan fingerprint density at radius 2 is 1.72 bits per heavy atom. The molecule has 2 heterocycles. The summed E-state index contributed by atoms with van der Waals surface area (Å²) in [6.07, 6.45) is -3.50. The van der Waals surface area contributed by atoms with Crippen molar-refractivity contribution < 1.29 is 29.6 Å². The second kappa shape index (κ2) is 5.51. The second-order valence-electron chi connectivity index (χ2n) is 5.87. The molecule has 0 saturated carbocycles. The Morgan fingerprint density at radius 3 is 2.48 bits per heavy atom. The first-order valence-electron chi connectivity index (χ1n) is 7.57. The van der Waals surface area contributed by atoms with E-state index in [0.717, 1.165) is 0 Å². The minimum absolute atomic E-state index is 0.289. The Hall–Kier alpha value is -3.03. The molecule has 1 aliphatic rings. The average Bonchev–Trinajstić information content (AvgIpc) is 2.60. The highest BCUT2D eigenvalue weighted by Gasteiger charge is 2.38. The van der Waals surface area contributed by atoms with Crippen LogP contribution in [-0.4, -0.2) is 26.5 Å². The molecule has 0 amide bonds. The summed E-state index contributed by atoms with van der Waals surface area (Å²) in [6.45, 7) is 0. The zero-order chi connectivity index (χ0) is 17.7. The van der Waals surface area contributed by atoms with Crippen LogP contribution in [0.2, 0.25) is 0 Å². The molecule has 1 unspecified atom stereocenters. The molecule has 0 bridgehead atoms. The van der Waals surface area contributed by atoms with Crippen molar-refractivity contribution in [3.63, 3.8) is 0 Å². The molecule has 7 heteroatoms. The quantitative estimate of drug-likeness (QED) is 0.392. The fourth-order valence-electron chi connectivity index (χ4n) is 3.03. The van der Waals surface area contributed by atoms with Gasteiger partial charge in [0.05, 0.1) is 5.39 Å². The van der Waals surface area contributed by atoms with E-state index in [4.69, 9.17) is 9.15 Å². The van der Waals surface area contributed by atoms with Gasteiger partial charge in [0.25, 0.3) is 0 Å². The van der Waals surface area contributed by atoms with Crippen molar-refractivity contribution in [2.24, 2.45) is 0 Å². The summed E-state index contributed by atoms with van der Waals surface area (Å²) in [5, 5.41) is 40.5. The van der Waals surface area contributed by atoms with Crippen LogP contribution in [0, 0.1) is 0 Å². The summed E-state index contributed by atoms with van der Waals surface area (Å²) >= 11 is 0. The van der Waals surface area contributed by atoms with Crippen molar-refractivity contribution in [3.8, 4) is 17.2 Å². The van der Waals surface area contributed by atoms with E-state index in [2.05, 4.69) is 0 Å². The molecule has 4 N–H and O–H groups in total. The Balaban J connectivity index is 1.87. The zero-order valence-electron chi connectivity index (χ0n) is 12.8. The summed E-state index contributed by atoms with van der Waals surface area (Å²) in [7, 11) is 0. The highest BCUT2D eigenvalue weighted by molar-refractivity contribution is 5.85. The molecule has 0 saturated heterocycles. The third-order valence-corrected chi connectivity index (χ3v) is 4.31. The largest absolute Gasteiger partial charge is 0.504 e. The van der Waals surface area contributed by atoms with Crippen molar-refractivity contribution in [2.45, 2.75) is 18.3 Å². The number of fused-ring (bicyclic) bond motifs is 3. The van der Waals surface area contributed by atoms with Crippen LogP contribution in [0.1, 0.15) is 23.3 Å². The number of hydrogen-bond donors (Lipinski definition) is 4. The van der Waals surface area contributed by atoms with E-state index < -0.39 is 23.9 Å². The molecule has 0 spiro atoms. The highest BCUT2D eigenvalue weighted by atomic mass is 16.5. The molecular formula is C18H14O7. The molecule has 0 aliphatic carbocycles. The predicted molar refractivity (Wildman–Crippen MR) is 86.6 cm³/mol. The van der Waals surface area contributed by atoms with E-state index in [1.54, 1.807) is 0 Å². The third-order valence-electron chi connectivity index (χ3n) is 4.31. The zero-order valence-corrected chi connectivity index (χ0v) is 12.8. The molecule has 1 aromatic heterocycles. The maximum Gasteiger partial charge on any atom is 0.336 e. The standard InChI is InChI=1S/C18H14O7/c19-11-4-1-8(7-12(11)20)17-16(23)15(22)10-2-5-13-9(18(10)25-17)3-6-14(21)24-13/h1-7,15-17,19-20,22-23H/t15?,16-,17-/m1/s1. The molecule has 3 aromatic rings. The van der Waals surface area contributed by atoms with Crippen molar-refractivity contribution in [3.05, 3.63) is 64.0 Å². The van der Waals surface area contributed by atoms with Gasteiger partial charge in [-0.15, -0.1) is 0 Å². The molecule has 7 nitrogen and oxygen atoms in total. The first-order chi connectivity index (χ1) is 12.0. The average molecular weight is 342 g/mol. The maximum atomic E-state index is 11.4. The fourth-order valence-corrected chi connectivity index (χ4v) is 3.03. The number of ether oxygens (including phenoxy) is 1. The Morgan fingerprint density at radius 1 is 0.920 bits per heavy atom. The van der Waals surface area contributed by atoms with E-state index in [-0.39, 0.29) is 17.2 Å². The minimum Gasteiger partial charge on any atom is -0.504 e. The lowest BCUT2D eigenvalue weighted by Gasteiger charge is -2.35. The molecule has 0 radical (unpaired) electrons. The van der Waals surface area contributed by atoms with Crippen LogP contribution < -0.4 is 10.4 Å². The Kier molecular flexibility index (Phi) is 3.41. The molecule has 4 rings (SSSR count). The van der Waals surface area contributed by atoms with Crippen LogP contribution in [0.25, 0.3) is 11.0 Å². The topological polar surface area (TPSA) is 120 Å². The van der Waals surface area contributed by atoms with Gasteiger partial charge in [0, 0.05) is 11.6 Å². The van der Waals surface area contributed by atoms with Crippen molar-refractivity contribution in [1.82, 2.24) is 0 Å². The first-order valence-corrected chi connectivity index (χ1v) is 7.57. The molecule has 25 heavy (non-hydrogen) atoms. The lowest BCUT2D eigenvalue weighted by molar-refractivity contribution is -0.0692. The SMILES string of the molecule is O=c1ccc2c3c(ccc2o1)C(O)[C@@H](O)[C@@H](c1ccc(O)c(O)c1)O3. The van der Waals surface area contributed by atoms with E-state index in [9.17, 15) is 25.2 Å². The Labute approximate surface area is 141 Å². The maximum absolute atomic E-state index is 11.4. The van der Waals surface area contributed by atoms with E-state index in [0.29, 0.717) is 22.1 Å². The molecule has 1 aliphatic heterocycles. The van der Waals surface area contributed by atoms with E-state index in [1.807, 2.05) is 0 Å². The van der Waals surface area contributed by atoms with Crippen molar-refractivity contribution in [1.29, 1.82) is 0 Å². The van der Waals surface area contributed by atoms with Gasteiger partial charge in [-0.1, -0.05) is 6.07 Å². The Bertz CT molecular complexity index is 1020. The second-order valence-corrected chi connectivity index (χ2v) is 5.87. The first kappa shape index (κ1) is 15.5. The number of aliphatic hydroxyl groups is 2. The van der Waals surface area contributed by atoms with Gasteiger partial charge in [-0.3, -0.25) is 0 Å². The summed E-state index contributed by atoms with van der Waals surface area (Å²) in [5.74, 6) is -0.378. The van der Waals surface area contributed by atoms with Crippen LogP contribution in [0.4, 0.5) is 0 Å². The minimum atomic E-state index is -1.29. The predicted octanol–water partition coefficient (Wildman–Crippen LogP) is 1.73. The highest BCUT2D eigenvalue weighted by Crippen LogP contribution is 2.45. The van der Waals surface area contributed by atoms with Gasteiger partial charge in [0.2, 0.25) is 0 Å². The van der Waals surface area contributed by atoms with Gasteiger partial charge in [0.1, 0.15) is 23.5 Å². The van der Waals surface area contributed by atoms with Crippen molar-refractivity contribution in [2.75, 3.05) is 0 Å². The van der Waals surface area contributed by atoms with Crippen LogP contribution in [-0.2, 0) is 0 Å². The van der Waals surface area contributed by atoms with Crippen molar-refractivity contribution >= 4 is 11.0 Å². The lowest BCUT2D eigenvalue weighted by atomic mass is 9.91. The van der Waals surface area contributed by atoms with Gasteiger partial charge < -0.3 is 29.6 Å². The van der Waals surface area contributed by atoms with Crippen LogP contribution in [0.15, 0.2) is 51.7 Å². The summed E-state index contributed by atoms with van der Waals surface area (Å²) in [4.78, 5) is 11.4. The van der Waals surface area contributed by atoms with Crippen LogP contribution >= 0.6 is 0 Å². The van der Waals surface area contributed by atoms with E-state index >= 15 is 0 Å². The number of phenols is 2. The molecule has 128 valence electrons.